The Kier molecular flexibility index (Phi) is 6.10. The molecule has 2 amide bonds. The van der Waals surface area contributed by atoms with Gasteiger partial charge in [0.1, 0.15) is 0 Å². The molecule has 1 aromatic rings. The van der Waals surface area contributed by atoms with E-state index in [4.69, 9.17) is 4.74 Å². The molecule has 1 atom stereocenters. The van der Waals surface area contributed by atoms with E-state index in [1.807, 2.05) is 23.1 Å². The van der Waals surface area contributed by atoms with E-state index < -0.39 is 0 Å². The predicted molar refractivity (Wildman–Crippen MR) is 95.1 cm³/mol. The molecule has 1 unspecified atom stereocenters. The highest BCUT2D eigenvalue weighted by atomic mass is 16.5. The van der Waals surface area contributed by atoms with Gasteiger partial charge in [-0.25, -0.2) is 4.79 Å². The summed E-state index contributed by atoms with van der Waals surface area (Å²) in [6.07, 6.45) is 3.35. The minimum Gasteiger partial charge on any atom is -0.376 e. The van der Waals surface area contributed by atoms with Gasteiger partial charge in [-0.15, -0.1) is 0 Å². The molecule has 2 aliphatic rings. The minimum atomic E-state index is 0.0831. The van der Waals surface area contributed by atoms with E-state index in [1.165, 1.54) is 5.56 Å². The lowest BCUT2D eigenvalue weighted by Crippen LogP contribution is -2.53. The third kappa shape index (κ3) is 4.71. The van der Waals surface area contributed by atoms with Gasteiger partial charge in [0.15, 0.2) is 0 Å². The molecule has 0 aromatic heterocycles. The lowest BCUT2D eigenvalue weighted by molar-refractivity contribution is -0.0417. The Morgan fingerprint density at radius 2 is 1.96 bits per heavy atom. The van der Waals surface area contributed by atoms with Crippen molar-refractivity contribution in [2.75, 3.05) is 39.3 Å². The SMILES string of the molecule is CC1CN(C2CCN(C(=O)NCCc3ccccc3)CC2)CCO1. The number of nitrogens with one attached hydrogen (secondary N) is 1. The van der Waals surface area contributed by atoms with Crippen LogP contribution in [-0.2, 0) is 11.2 Å². The maximum Gasteiger partial charge on any atom is 0.317 e. The fraction of sp³-hybridized carbons (Fsp3) is 0.632. The smallest absolute Gasteiger partial charge is 0.317 e. The number of morpholine rings is 1. The first-order chi connectivity index (χ1) is 11.7. The molecule has 132 valence electrons. The molecule has 0 radical (unpaired) electrons. The maximum atomic E-state index is 12.3. The summed E-state index contributed by atoms with van der Waals surface area (Å²) in [5, 5.41) is 3.06. The summed E-state index contributed by atoms with van der Waals surface area (Å²) in [5.41, 5.74) is 1.26. The molecular formula is C19H29N3O2. The molecule has 1 aromatic carbocycles. The summed E-state index contributed by atoms with van der Waals surface area (Å²) >= 11 is 0. The number of nitrogens with zero attached hydrogens (tertiary/aromatic N) is 2. The van der Waals surface area contributed by atoms with Gasteiger partial charge in [-0.2, -0.15) is 0 Å². The van der Waals surface area contributed by atoms with Crippen LogP contribution in [-0.4, -0.2) is 67.3 Å². The molecule has 0 aliphatic carbocycles. The van der Waals surface area contributed by atoms with Gasteiger partial charge in [0.2, 0.25) is 0 Å². The number of carbonyl (C=O) groups excluding carboxylic acids is 1. The van der Waals surface area contributed by atoms with E-state index in [1.54, 1.807) is 0 Å². The number of hydrogen-bond donors (Lipinski definition) is 1. The van der Waals surface area contributed by atoms with Gasteiger partial charge in [-0.1, -0.05) is 30.3 Å². The number of carbonyl (C=O) groups is 1. The van der Waals surface area contributed by atoms with Crippen LogP contribution >= 0.6 is 0 Å². The molecule has 2 aliphatic heterocycles. The number of ether oxygens (including phenoxy) is 1. The second kappa shape index (κ2) is 8.49. The van der Waals surface area contributed by atoms with Crippen molar-refractivity contribution in [3.8, 4) is 0 Å². The van der Waals surface area contributed by atoms with Gasteiger partial charge in [0, 0.05) is 38.8 Å². The number of likely N-dealkylation sites (tertiary alicyclic amines) is 1. The van der Waals surface area contributed by atoms with Crippen LogP contribution in [0.4, 0.5) is 4.79 Å². The maximum absolute atomic E-state index is 12.3. The average Bonchev–Trinajstić information content (AvgIpc) is 2.63. The topological polar surface area (TPSA) is 44.8 Å². The Bertz CT molecular complexity index is 515. The normalized spacial score (nSPS) is 23.2. The number of amides is 2. The lowest BCUT2D eigenvalue weighted by Gasteiger charge is -2.41. The quantitative estimate of drug-likeness (QED) is 0.919. The zero-order chi connectivity index (χ0) is 16.8. The summed E-state index contributed by atoms with van der Waals surface area (Å²) in [5.74, 6) is 0. The Morgan fingerprint density at radius 1 is 1.21 bits per heavy atom. The van der Waals surface area contributed by atoms with Crippen molar-refractivity contribution in [1.29, 1.82) is 0 Å². The molecule has 24 heavy (non-hydrogen) atoms. The molecule has 2 fully saturated rings. The van der Waals surface area contributed by atoms with E-state index in [-0.39, 0.29) is 6.03 Å². The number of hydrogen-bond acceptors (Lipinski definition) is 3. The van der Waals surface area contributed by atoms with Crippen LogP contribution in [0.25, 0.3) is 0 Å². The van der Waals surface area contributed by atoms with E-state index in [2.05, 4.69) is 29.3 Å². The van der Waals surface area contributed by atoms with E-state index in [9.17, 15) is 4.79 Å². The van der Waals surface area contributed by atoms with Crippen molar-refractivity contribution >= 4 is 6.03 Å². The zero-order valence-corrected chi connectivity index (χ0v) is 14.6. The predicted octanol–water partition coefficient (Wildman–Crippen LogP) is 2.12. The standard InChI is InChI=1S/C19H29N3O2/c1-16-15-22(13-14-24-16)18-8-11-21(12-9-18)19(23)20-10-7-17-5-3-2-4-6-17/h2-6,16,18H,7-15H2,1H3,(H,20,23). The third-order valence-corrected chi connectivity index (χ3v) is 5.07. The summed E-state index contributed by atoms with van der Waals surface area (Å²) in [7, 11) is 0. The Labute approximate surface area is 145 Å². The number of piperidine rings is 1. The van der Waals surface area contributed by atoms with Crippen LogP contribution in [0.3, 0.4) is 0 Å². The summed E-state index contributed by atoms with van der Waals surface area (Å²) < 4.78 is 5.62. The van der Waals surface area contributed by atoms with Crippen LogP contribution in [0.1, 0.15) is 25.3 Å². The second-order valence-corrected chi connectivity index (χ2v) is 6.86. The molecular weight excluding hydrogens is 302 g/mol. The van der Waals surface area contributed by atoms with Gasteiger partial charge in [0.25, 0.3) is 0 Å². The third-order valence-electron chi connectivity index (χ3n) is 5.07. The highest BCUT2D eigenvalue weighted by Gasteiger charge is 2.29. The van der Waals surface area contributed by atoms with Crippen LogP contribution in [0, 0.1) is 0 Å². The largest absolute Gasteiger partial charge is 0.376 e. The molecule has 1 N–H and O–H groups in total. The molecule has 5 heteroatoms. The summed E-state index contributed by atoms with van der Waals surface area (Å²) in [6.45, 7) is 7.43. The monoisotopic (exact) mass is 331 g/mol. The van der Waals surface area contributed by atoms with Gasteiger partial charge >= 0.3 is 6.03 Å². The van der Waals surface area contributed by atoms with Crippen molar-refractivity contribution in [1.82, 2.24) is 15.1 Å². The number of benzene rings is 1. The van der Waals surface area contributed by atoms with Crippen molar-refractivity contribution < 1.29 is 9.53 Å². The lowest BCUT2D eigenvalue weighted by atomic mass is 10.0. The zero-order valence-electron chi connectivity index (χ0n) is 14.6. The van der Waals surface area contributed by atoms with E-state index >= 15 is 0 Å². The summed E-state index contributed by atoms with van der Waals surface area (Å²) in [6, 6.07) is 11.0. The molecule has 5 nitrogen and oxygen atoms in total. The Balaban J connectivity index is 1.37. The molecule has 3 rings (SSSR count). The highest BCUT2D eigenvalue weighted by Crippen LogP contribution is 2.19. The van der Waals surface area contributed by atoms with Crippen LogP contribution in [0.15, 0.2) is 30.3 Å². The van der Waals surface area contributed by atoms with Gasteiger partial charge < -0.3 is 15.0 Å². The van der Waals surface area contributed by atoms with Crippen LogP contribution in [0.2, 0.25) is 0 Å². The molecule has 0 spiro atoms. The van der Waals surface area contributed by atoms with Crippen molar-refractivity contribution in [2.24, 2.45) is 0 Å². The first-order valence-corrected chi connectivity index (χ1v) is 9.15. The Hall–Kier alpha value is -1.59. The summed E-state index contributed by atoms with van der Waals surface area (Å²) in [4.78, 5) is 16.8. The molecule has 2 saturated heterocycles. The fourth-order valence-corrected chi connectivity index (χ4v) is 3.68. The first-order valence-electron chi connectivity index (χ1n) is 9.15. The van der Waals surface area contributed by atoms with E-state index in [0.717, 1.165) is 52.0 Å². The number of rotatable bonds is 4. The fourth-order valence-electron chi connectivity index (χ4n) is 3.68. The second-order valence-electron chi connectivity index (χ2n) is 6.86. The van der Waals surface area contributed by atoms with Crippen molar-refractivity contribution in [2.45, 2.75) is 38.3 Å². The van der Waals surface area contributed by atoms with Gasteiger partial charge in [-0.3, -0.25) is 4.90 Å². The van der Waals surface area contributed by atoms with Crippen LogP contribution < -0.4 is 5.32 Å². The van der Waals surface area contributed by atoms with Gasteiger partial charge in [0.05, 0.1) is 12.7 Å². The molecule has 0 bridgehead atoms. The first kappa shape index (κ1) is 17.2. The number of urea groups is 1. The molecule has 0 saturated carbocycles. The average molecular weight is 331 g/mol. The highest BCUT2D eigenvalue weighted by molar-refractivity contribution is 5.74. The minimum absolute atomic E-state index is 0.0831. The molecule has 2 heterocycles. The Morgan fingerprint density at radius 3 is 2.67 bits per heavy atom. The van der Waals surface area contributed by atoms with Crippen molar-refractivity contribution in [3.05, 3.63) is 35.9 Å². The van der Waals surface area contributed by atoms with Crippen molar-refractivity contribution in [3.63, 3.8) is 0 Å². The van der Waals surface area contributed by atoms with E-state index in [0.29, 0.717) is 18.7 Å². The van der Waals surface area contributed by atoms with Gasteiger partial charge in [-0.05, 0) is 31.7 Å². The van der Waals surface area contributed by atoms with Crippen LogP contribution in [0.5, 0.6) is 0 Å².